The first-order valence-electron chi connectivity index (χ1n) is 9.29. The number of amides is 1. The normalized spacial score (nSPS) is 19.3. The van der Waals surface area contributed by atoms with Crippen molar-refractivity contribution in [2.75, 3.05) is 78.5 Å². The number of carbonyl (C=O) groups is 2. The van der Waals surface area contributed by atoms with E-state index < -0.39 is 11.9 Å². The van der Waals surface area contributed by atoms with Gasteiger partial charge in [-0.15, -0.1) is 11.5 Å². The molecule has 10 nitrogen and oxygen atoms in total. The molecule has 1 saturated heterocycles. The van der Waals surface area contributed by atoms with Gasteiger partial charge >= 0.3 is 5.97 Å². The van der Waals surface area contributed by atoms with Gasteiger partial charge in [0.1, 0.15) is 0 Å². The van der Waals surface area contributed by atoms with Crippen LogP contribution in [0.3, 0.4) is 0 Å². The molecule has 1 fully saturated rings. The van der Waals surface area contributed by atoms with Crippen molar-refractivity contribution >= 4 is 11.9 Å². The molecule has 1 aliphatic rings. The number of hydrogen-bond acceptors (Lipinski definition) is 8. The van der Waals surface area contributed by atoms with E-state index in [1.165, 1.54) is 0 Å². The summed E-state index contributed by atoms with van der Waals surface area (Å²) in [4.78, 5) is 40.9. The second-order valence-electron chi connectivity index (χ2n) is 6.86. The molecular weight excluding hydrogens is 366 g/mol. The Morgan fingerprint density at radius 3 is 1.64 bits per heavy atom. The maximum atomic E-state index is 11.5. The summed E-state index contributed by atoms with van der Waals surface area (Å²) in [5.74, 6) is -1.60. The van der Waals surface area contributed by atoms with Gasteiger partial charge in [-0.25, -0.2) is 0 Å². The lowest BCUT2D eigenvalue weighted by molar-refractivity contribution is -0.138. The maximum absolute atomic E-state index is 11.5. The predicted molar refractivity (Wildman–Crippen MR) is 106 cm³/mol. The fourth-order valence-corrected chi connectivity index (χ4v) is 3.09. The number of nitroso groups, excluding NO2 is 1. The Morgan fingerprint density at radius 2 is 1.25 bits per heavy atom. The predicted octanol–water partition coefficient (Wildman–Crippen LogP) is -0.157. The lowest BCUT2D eigenvalue weighted by Gasteiger charge is -2.33. The van der Waals surface area contributed by atoms with E-state index in [-0.39, 0.29) is 18.8 Å². The lowest BCUT2D eigenvalue weighted by Crippen LogP contribution is -2.47. The van der Waals surface area contributed by atoms with Gasteiger partial charge < -0.3 is 10.2 Å². The van der Waals surface area contributed by atoms with Gasteiger partial charge in [-0.2, -0.15) is 0 Å². The molecule has 0 aromatic heterocycles. The van der Waals surface area contributed by atoms with Gasteiger partial charge in [-0.3, -0.25) is 29.2 Å². The largest absolute Gasteiger partial charge is 0.512 e. The fourth-order valence-electron chi connectivity index (χ4n) is 3.09. The van der Waals surface area contributed by atoms with E-state index in [1.54, 1.807) is 11.0 Å². The van der Waals surface area contributed by atoms with Crippen LogP contribution in [0.5, 0.6) is 0 Å². The van der Waals surface area contributed by atoms with Gasteiger partial charge in [0.2, 0.25) is 0 Å². The van der Waals surface area contributed by atoms with Gasteiger partial charge in [-0.05, 0) is 0 Å². The monoisotopic (exact) mass is 397 g/mol. The first kappa shape index (κ1) is 23.9. The maximum Gasteiger partial charge on any atom is 0.317 e. The minimum atomic E-state index is -0.931. The van der Waals surface area contributed by atoms with Crippen molar-refractivity contribution in [2.24, 2.45) is 5.18 Å². The molecule has 158 valence electrons. The molecule has 1 rings (SSSR count). The molecule has 0 spiro atoms. The molecule has 1 aliphatic heterocycles. The van der Waals surface area contributed by atoms with E-state index in [0.29, 0.717) is 65.4 Å². The van der Waals surface area contributed by atoms with Crippen molar-refractivity contribution in [2.45, 2.75) is 0 Å². The van der Waals surface area contributed by atoms with Gasteiger partial charge in [0.05, 0.1) is 25.4 Å². The van der Waals surface area contributed by atoms with Crippen LogP contribution in [0.15, 0.2) is 30.2 Å². The molecule has 2 N–H and O–H groups in total. The van der Waals surface area contributed by atoms with Crippen molar-refractivity contribution < 1.29 is 19.8 Å². The second kappa shape index (κ2) is 13.1. The summed E-state index contributed by atoms with van der Waals surface area (Å²) >= 11 is 0. The fraction of sp³-hybridized carbons (Fsp3) is 0.667. The molecule has 0 radical (unpaired) electrons. The Bertz CT molecular complexity index is 556. The Balaban J connectivity index is 2.89. The Hall–Kier alpha value is -2.14. The molecule has 0 atom stereocenters. The Labute approximate surface area is 165 Å². The molecule has 0 aliphatic carbocycles. The average Bonchev–Trinajstić information content (AvgIpc) is 2.62. The van der Waals surface area contributed by atoms with Crippen LogP contribution in [-0.2, 0) is 9.59 Å². The molecule has 0 aromatic carbocycles. The number of carboxylic acids is 1. The van der Waals surface area contributed by atoms with Crippen LogP contribution < -0.4 is 0 Å². The highest BCUT2D eigenvalue weighted by atomic mass is 16.4. The number of hydrogen-bond donors (Lipinski definition) is 2. The van der Waals surface area contributed by atoms with Crippen LogP contribution in [0.2, 0.25) is 0 Å². The zero-order valence-corrected chi connectivity index (χ0v) is 16.3. The number of nitrogens with zero attached hydrogens (tertiary/aromatic N) is 5. The molecule has 0 aromatic rings. The number of aliphatic hydroxyl groups is 1. The molecule has 0 bridgehead atoms. The van der Waals surface area contributed by atoms with E-state index in [4.69, 9.17) is 5.11 Å². The van der Waals surface area contributed by atoms with Gasteiger partial charge in [-0.1, -0.05) is 12.7 Å². The molecule has 1 amide bonds. The summed E-state index contributed by atoms with van der Waals surface area (Å²) in [5.41, 5.74) is 0. The van der Waals surface area contributed by atoms with Crippen molar-refractivity contribution in [1.82, 2.24) is 19.6 Å². The quantitative estimate of drug-likeness (QED) is 0.327. The first-order chi connectivity index (χ1) is 13.3. The zero-order chi connectivity index (χ0) is 20.9. The molecule has 1 heterocycles. The third-order valence-corrected chi connectivity index (χ3v) is 4.54. The standard InChI is InChI=1S/C18H31N5O5/c1-3-4-20-5-7-21(13-16(2)24)9-11-23(15-18(26)27)12-10-22(8-6-20)14-17(25)19-28/h3,24H,1-2,4-15H2,(H,26,27). The van der Waals surface area contributed by atoms with Crippen LogP contribution in [0.25, 0.3) is 0 Å². The van der Waals surface area contributed by atoms with E-state index in [9.17, 15) is 19.6 Å². The number of carbonyl (C=O) groups excluding carboxylic acids is 1. The first-order valence-corrected chi connectivity index (χ1v) is 9.29. The lowest BCUT2D eigenvalue weighted by atomic mass is 10.3. The number of rotatable bonds is 8. The average molecular weight is 397 g/mol. The van der Waals surface area contributed by atoms with Crippen molar-refractivity contribution in [3.63, 3.8) is 0 Å². The number of aliphatic carboxylic acids is 1. The minimum absolute atomic E-state index is 0.0678. The summed E-state index contributed by atoms with van der Waals surface area (Å²) in [7, 11) is 0. The molecule has 0 unspecified atom stereocenters. The topological polar surface area (TPSA) is 117 Å². The third kappa shape index (κ3) is 10.3. The Kier molecular flexibility index (Phi) is 11.2. The molecular formula is C18H31N5O5. The van der Waals surface area contributed by atoms with Crippen molar-refractivity contribution in [1.29, 1.82) is 0 Å². The summed E-state index contributed by atoms with van der Waals surface area (Å²) < 4.78 is 0. The summed E-state index contributed by atoms with van der Waals surface area (Å²) in [6.07, 6.45) is 1.80. The van der Waals surface area contributed by atoms with E-state index in [2.05, 4.69) is 23.2 Å². The van der Waals surface area contributed by atoms with Gasteiger partial charge in [0.25, 0.3) is 5.91 Å². The van der Waals surface area contributed by atoms with Crippen molar-refractivity contribution in [3.8, 4) is 0 Å². The third-order valence-electron chi connectivity index (χ3n) is 4.54. The summed E-state index contributed by atoms with van der Waals surface area (Å²) in [6.45, 7) is 12.7. The Morgan fingerprint density at radius 1 is 0.821 bits per heavy atom. The number of aliphatic hydroxyl groups excluding tert-OH is 1. The highest BCUT2D eigenvalue weighted by molar-refractivity contribution is 5.78. The van der Waals surface area contributed by atoms with Crippen LogP contribution in [0, 0.1) is 4.91 Å². The van der Waals surface area contributed by atoms with E-state index >= 15 is 0 Å². The molecule has 10 heteroatoms. The van der Waals surface area contributed by atoms with Crippen LogP contribution in [0.1, 0.15) is 0 Å². The summed E-state index contributed by atoms with van der Waals surface area (Å²) in [5, 5.41) is 21.2. The molecule has 28 heavy (non-hydrogen) atoms. The van der Waals surface area contributed by atoms with Gasteiger partial charge in [0.15, 0.2) is 0 Å². The molecule has 0 saturated carbocycles. The van der Waals surface area contributed by atoms with Crippen LogP contribution in [-0.4, -0.2) is 120 Å². The highest BCUT2D eigenvalue weighted by Crippen LogP contribution is 2.03. The SMILES string of the molecule is C=CCN1CCN(CC(=C)O)CCN(CC(=O)O)CCN(CC(=O)N=O)CC1. The second-order valence-corrected chi connectivity index (χ2v) is 6.86. The van der Waals surface area contributed by atoms with Crippen LogP contribution in [0.4, 0.5) is 0 Å². The number of carboxylic acid groups (broad SMARTS) is 1. The van der Waals surface area contributed by atoms with E-state index in [1.807, 2.05) is 9.80 Å². The van der Waals surface area contributed by atoms with E-state index in [0.717, 1.165) is 0 Å². The highest BCUT2D eigenvalue weighted by Gasteiger charge is 2.19. The summed E-state index contributed by atoms with van der Waals surface area (Å²) in [6, 6.07) is 0. The smallest absolute Gasteiger partial charge is 0.317 e. The van der Waals surface area contributed by atoms with Crippen molar-refractivity contribution in [3.05, 3.63) is 29.9 Å². The van der Waals surface area contributed by atoms with Gasteiger partial charge in [0, 0.05) is 64.1 Å². The minimum Gasteiger partial charge on any atom is -0.512 e. The van der Waals surface area contributed by atoms with Crippen LogP contribution >= 0.6 is 0 Å². The zero-order valence-electron chi connectivity index (χ0n) is 16.3.